The van der Waals surface area contributed by atoms with E-state index in [-0.39, 0.29) is 17.9 Å². The van der Waals surface area contributed by atoms with Crippen molar-refractivity contribution in [2.24, 2.45) is 0 Å². The molecule has 1 unspecified atom stereocenters. The molecule has 0 saturated carbocycles. The van der Waals surface area contributed by atoms with E-state index in [0.717, 1.165) is 28.9 Å². The maximum Gasteiger partial charge on any atom is 0.296 e. The van der Waals surface area contributed by atoms with Gasteiger partial charge in [0.05, 0.1) is 31.0 Å². The minimum atomic E-state index is -0.712. The number of ketones is 1. The fraction of sp³-hybridized carbons (Fsp3) is 0.200. The van der Waals surface area contributed by atoms with E-state index in [0.29, 0.717) is 17.9 Å². The Labute approximate surface area is 179 Å². The van der Waals surface area contributed by atoms with Crippen LogP contribution in [0.2, 0.25) is 0 Å². The van der Waals surface area contributed by atoms with Gasteiger partial charge in [0.15, 0.2) is 0 Å². The van der Waals surface area contributed by atoms with Crippen molar-refractivity contribution >= 4 is 17.4 Å². The van der Waals surface area contributed by atoms with Gasteiger partial charge in [0.25, 0.3) is 11.7 Å². The molecular formula is C25H21NO5. The second-order valence-electron chi connectivity index (χ2n) is 7.78. The van der Waals surface area contributed by atoms with Crippen molar-refractivity contribution in [2.75, 3.05) is 6.61 Å². The van der Waals surface area contributed by atoms with Crippen LogP contribution in [-0.4, -0.2) is 28.3 Å². The fourth-order valence-electron chi connectivity index (χ4n) is 4.32. The van der Waals surface area contributed by atoms with E-state index < -0.39 is 17.7 Å². The van der Waals surface area contributed by atoms with Crippen LogP contribution in [0.15, 0.2) is 70.9 Å². The van der Waals surface area contributed by atoms with Gasteiger partial charge in [0.2, 0.25) is 0 Å². The van der Waals surface area contributed by atoms with Gasteiger partial charge in [-0.25, -0.2) is 0 Å². The van der Waals surface area contributed by atoms with Gasteiger partial charge in [-0.2, -0.15) is 0 Å². The van der Waals surface area contributed by atoms with E-state index in [1.807, 2.05) is 37.3 Å². The molecule has 3 aromatic rings. The van der Waals surface area contributed by atoms with Gasteiger partial charge < -0.3 is 19.2 Å². The van der Waals surface area contributed by atoms with Crippen LogP contribution in [0.4, 0.5) is 0 Å². The smallest absolute Gasteiger partial charge is 0.296 e. The molecule has 6 nitrogen and oxygen atoms in total. The Morgan fingerprint density at radius 2 is 1.97 bits per heavy atom. The number of aryl methyl sites for hydroxylation is 1. The first kappa shape index (κ1) is 19.2. The van der Waals surface area contributed by atoms with E-state index in [2.05, 4.69) is 0 Å². The van der Waals surface area contributed by atoms with Crippen LogP contribution >= 0.6 is 0 Å². The van der Waals surface area contributed by atoms with Gasteiger partial charge in [-0.3, -0.25) is 9.59 Å². The number of Topliss-reactive ketones (excluding diaryl/α,β-unsaturated/α-hetero) is 1. The highest BCUT2D eigenvalue weighted by Gasteiger charge is 2.46. The van der Waals surface area contributed by atoms with Gasteiger partial charge in [-0.1, -0.05) is 24.3 Å². The quantitative estimate of drug-likeness (QED) is 0.393. The summed E-state index contributed by atoms with van der Waals surface area (Å²) in [5, 5.41) is 11.2. The molecule has 31 heavy (non-hydrogen) atoms. The summed E-state index contributed by atoms with van der Waals surface area (Å²) in [5.41, 5.74) is 3.27. The molecule has 1 saturated heterocycles. The van der Waals surface area contributed by atoms with Crippen molar-refractivity contribution in [1.82, 2.24) is 4.90 Å². The molecular weight excluding hydrogens is 394 g/mol. The maximum atomic E-state index is 13.1. The number of carbonyl (C=O) groups excluding carboxylic acids is 2. The summed E-state index contributed by atoms with van der Waals surface area (Å²) in [6, 6.07) is 15.7. The number of hydrogen-bond acceptors (Lipinski definition) is 5. The molecule has 2 aromatic carbocycles. The van der Waals surface area contributed by atoms with Crippen LogP contribution in [0.1, 0.15) is 34.1 Å². The predicted molar refractivity (Wildman–Crippen MR) is 113 cm³/mol. The first-order chi connectivity index (χ1) is 15.0. The van der Waals surface area contributed by atoms with Crippen LogP contribution in [0.25, 0.3) is 5.76 Å². The summed E-state index contributed by atoms with van der Waals surface area (Å²) in [7, 11) is 0. The monoisotopic (exact) mass is 415 g/mol. The lowest BCUT2D eigenvalue weighted by Gasteiger charge is -2.25. The largest absolute Gasteiger partial charge is 0.507 e. The van der Waals surface area contributed by atoms with Crippen molar-refractivity contribution in [3.05, 3.63) is 94.4 Å². The summed E-state index contributed by atoms with van der Waals surface area (Å²) in [4.78, 5) is 27.6. The second-order valence-corrected chi connectivity index (χ2v) is 7.78. The first-order valence-electron chi connectivity index (χ1n) is 10.2. The van der Waals surface area contributed by atoms with Gasteiger partial charge in [-0.05, 0) is 53.9 Å². The zero-order valence-electron chi connectivity index (χ0n) is 17.0. The molecule has 2 aliphatic rings. The van der Waals surface area contributed by atoms with Crippen LogP contribution in [-0.2, 0) is 22.6 Å². The molecule has 0 radical (unpaired) electrons. The summed E-state index contributed by atoms with van der Waals surface area (Å²) < 4.78 is 11.0. The molecule has 5 rings (SSSR count). The molecule has 156 valence electrons. The van der Waals surface area contributed by atoms with Crippen molar-refractivity contribution in [3.63, 3.8) is 0 Å². The Bertz CT molecular complexity index is 1210. The summed E-state index contributed by atoms with van der Waals surface area (Å²) >= 11 is 0. The summed E-state index contributed by atoms with van der Waals surface area (Å²) in [5.74, 6) is -0.187. The standard InChI is InChI=1S/C25H21NO5/c1-15-5-2-3-7-19(15)22-21(23(27)17-8-9-20-16(13-17)10-12-31-20)24(28)25(29)26(22)14-18-6-4-11-30-18/h2-9,11,13,22,27H,10,12,14H2,1H3/b23-21+. The molecule has 0 spiro atoms. The normalized spacial score (nSPS) is 19.5. The number of furan rings is 1. The van der Waals surface area contributed by atoms with E-state index >= 15 is 0 Å². The number of carbonyl (C=O) groups is 2. The molecule has 3 heterocycles. The Hall–Kier alpha value is -3.80. The maximum absolute atomic E-state index is 13.1. The lowest BCUT2D eigenvalue weighted by molar-refractivity contribution is -0.140. The van der Waals surface area contributed by atoms with Gasteiger partial charge in [0.1, 0.15) is 17.3 Å². The van der Waals surface area contributed by atoms with E-state index in [4.69, 9.17) is 9.15 Å². The van der Waals surface area contributed by atoms with Crippen LogP contribution in [0, 0.1) is 6.92 Å². The van der Waals surface area contributed by atoms with E-state index in [1.54, 1.807) is 24.3 Å². The average molecular weight is 415 g/mol. The molecule has 0 bridgehead atoms. The first-order valence-corrected chi connectivity index (χ1v) is 10.2. The number of benzene rings is 2. The number of likely N-dealkylation sites (tertiary alicyclic amines) is 1. The second kappa shape index (κ2) is 7.47. The highest BCUT2D eigenvalue weighted by atomic mass is 16.5. The highest BCUT2D eigenvalue weighted by Crippen LogP contribution is 2.42. The number of aliphatic hydroxyl groups excluding tert-OH is 1. The van der Waals surface area contributed by atoms with Crippen molar-refractivity contribution in [2.45, 2.75) is 25.9 Å². The third-order valence-corrected chi connectivity index (χ3v) is 5.89. The molecule has 1 fully saturated rings. The molecule has 1 atom stereocenters. The van der Waals surface area contributed by atoms with Crippen LogP contribution in [0.3, 0.4) is 0 Å². The number of rotatable bonds is 4. The predicted octanol–water partition coefficient (Wildman–Crippen LogP) is 4.14. The highest BCUT2D eigenvalue weighted by molar-refractivity contribution is 6.46. The minimum absolute atomic E-state index is 0.0877. The SMILES string of the molecule is Cc1ccccc1C1/C(=C(\O)c2ccc3c(c2)CCO3)C(=O)C(=O)N1Cc1ccco1. The van der Waals surface area contributed by atoms with E-state index in [1.165, 1.54) is 11.2 Å². The van der Waals surface area contributed by atoms with Gasteiger partial charge >= 0.3 is 0 Å². The third-order valence-electron chi connectivity index (χ3n) is 5.89. The Morgan fingerprint density at radius 1 is 1.13 bits per heavy atom. The Kier molecular flexibility index (Phi) is 4.62. The molecule has 1 aromatic heterocycles. The van der Waals surface area contributed by atoms with Crippen LogP contribution < -0.4 is 4.74 Å². The zero-order chi connectivity index (χ0) is 21.5. The van der Waals surface area contributed by atoms with Gasteiger partial charge in [0, 0.05) is 12.0 Å². The topological polar surface area (TPSA) is 80.0 Å². The lowest BCUT2D eigenvalue weighted by atomic mass is 9.92. The number of hydrogen-bond donors (Lipinski definition) is 1. The number of ether oxygens (including phenoxy) is 1. The molecule has 1 N–H and O–H groups in total. The molecule has 0 aliphatic carbocycles. The third kappa shape index (κ3) is 3.20. The Morgan fingerprint density at radius 3 is 2.74 bits per heavy atom. The fourth-order valence-corrected chi connectivity index (χ4v) is 4.32. The van der Waals surface area contributed by atoms with Crippen LogP contribution in [0.5, 0.6) is 5.75 Å². The van der Waals surface area contributed by atoms with Crippen molar-refractivity contribution < 1.29 is 23.8 Å². The summed E-state index contributed by atoms with van der Waals surface area (Å²) in [6.45, 7) is 2.65. The lowest BCUT2D eigenvalue weighted by Crippen LogP contribution is -2.29. The summed E-state index contributed by atoms with van der Waals surface area (Å²) in [6.07, 6.45) is 2.27. The van der Waals surface area contributed by atoms with Crippen molar-refractivity contribution in [1.29, 1.82) is 0 Å². The van der Waals surface area contributed by atoms with E-state index in [9.17, 15) is 14.7 Å². The minimum Gasteiger partial charge on any atom is -0.507 e. The average Bonchev–Trinajstić information content (AvgIpc) is 3.50. The Balaban J connectivity index is 1.66. The number of fused-ring (bicyclic) bond motifs is 1. The number of aliphatic hydroxyl groups is 1. The molecule has 2 aliphatic heterocycles. The number of amides is 1. The molecule has 1 amide bonds. The number of nitrogens with zero attached hydrogens (tertiary/aromatic N) is 1. The molecule has 6 heteroatoms. The van der Waals surface area contributed by atoms with Crippen molar-refractivity contribution in [3.8, 4) is 5.75 Å². The van der Waals surface area contributed by atoms with Gasteiger partial charge in [-0.15, -0.1) is 0 Å². The zero-order valence-corrected chi connectivity index (χ0v) is 17.0.